The first-order valence-corrected chi connectivity index (χ1v) is 15.2. The fourth-order valence-electron chi connectivity index (χ4n) is 4.31. The molecule has 0 atom stereocenters. The maximum atomic E-state index is 11.9. The van der Waals surface area contributed by atoms with Gasteiger partial charge < -0.3 is 28.4 Å². The third-order valence-corrected chi connectivity index (χ3v) is 6.64. The molecule has 0 saturated carbocycles. The second-order valence-corrected chi connectivity index (χ2v) is 10.8. The third-order valence-electron chi connectivity index (χ3n) is 6.64. The van der Waals surface area contributed by atoms with E-state index in [4.69, 9.17) is 28.4 Å². The van der Waals surface area contributed by atoms with E-state index < -0.39 is 17.9 Å². The first-order chi connectivity index (χ1) is 22.6. The maximum Gasteiger partial charge on any atom is 0.333 e. The van der Waals surface area contributed by atoms with E-state index in [-0.39, 0.29) is 39.6 Å². The Morgan fingerprint density at radius 3 is 1.19 bits per heavy atom. The van der Waals surface area contributed by atoms with Crippen molar-refractivity contribution in [3.05, 3.63) is 125 Å². The number of hydrogen-bond donors (Lipinski definition) is 0. The van der Waals surface area contributed by atoms with Crippen LogP contribution in [0.15, 0.2) is 103 Å². The third kappa shape index (κ3) is 11.9. The molecule has 0 aliphatic heterocycles. The van der Waals surface area contributed by atoms with Gasteiger partial charge in [0.05, 0.1) is 0 Å². The molecular formula is C38H42O9. The van der Waals surface area contributed by atoms with Crippen LogP contribution in [0.3, 0.4) is 0 Å². The number of carbonyl (C=O) groups is 3. The smallest absolute Gasteiger partial charge is 0.333 e. The predicted molar refractivity (Wildman–Crippen MR) is 179 cm³/mol. The summed E-state index contributed by atoms with van der Waals surface area (Å²) in [5, 5.41) is 0. The average molecular weight is 643 g/mol. The first-order valence-electron chi connectivity index (χ1n) is 15.2. The van der Waals surface area contributed by atoms with Crippen molar-refractivity contribution < 1.29 is 42.8 Å². The van der Waals surface area contributed by atoms with Crippen molar-refractivity contribution in [2.24, 2.45) is 0 Å². The van der Waals surface area contributed by atoms with Gasteiger partial charge in [0.25, 0.3) is 0 Å². The summed E-state index contributed by atoms with van der Waals surface area (Å²) in [6.45, 7) is 16.3. The van der Waals surface area contributed by atoms with Crippen molar-refractivity contribution in [1.82, 2.24) is 0 Å². The SMILES string of the molecule is C=C(C)C(=O)OCCOc1ccccc1Cc1cccc(Cc2ccccc2OCCOC(=O)C(=C)C)c1OCCOC(=O)C(=C)C. The molecule has 0 heterocycles. The van der Waals surface area contributed by atoms with Crippen LogP contribution in [0.2, 0.25) is 0 Å². The Kier molecular flexibility index (Phi) is 14.3. The topological polar surface area (TPSA) is 107 Å². The molecule has 47 heavy (non-hydrogen) atoms. The monoisotopic (exact) mass is 642 g/mol. The van der Waals surface area contributed by atoms with Gasteiger partial charge in [-0.1, -0.05) is 74.3 Å². The number of esters is 3. The fourth-order valence-corrected chi connectivity index (χ4v) is 4.31. The van der Waals surface area contributed by atoms with Crippen LogP contribution in [0, 0.1) is 0 Å². The lowest BCUT2D eigenvalue weighted by Crippen LogP contribution is -2.14. The molecule has 0 aliphatic carbocycles. The summed E-state index contributed by atoms with van der Waals surface area (Å²) in [6.07, 6.45) is 0.950. The minimum Gasteiger partial charge on any atom is -0.490 e. The molecule has 0 bridgehead atoms. The molecular weight excluding hydrogens is 600 g/mol. The Morgan fingerprint density at radius 1 is 0.468 bits per heavy atom. The highest BCUT2D eigenvalue weighted by Gasteiger charge is 2.16. The summed E-state index contributed by atoms with van der Waals surface area (Å²) < 4.78 is 33.8. The molecule has 3 aromatic rings. The van der Waals surface area contributed by atoms with Crippen molar-refractivity contribution in [2.45, 2.75) is 33.6 Å². The van der Waals surface area contributed by atoms with Crippen LogP contribution in [0.5, 0.6) is 17.2 Å². The molecule has 0 saturated heterocycles. The summed E-state index contributed by atoms with van der Waals surface area (Å²) in [5.41, 5.74) is 4.55. The zero-order valence-electron chi connectivity index (χ0n) is 27.3. The van der Waals surface area contributed by atoms with Gasteiger partial charge in [-0.25, -0.2) is 14.4 Å². The number of para-hydroxylation sites is 3. The van der Waals surface area contributed by atoms with E-state index in [1.54, 1.807) is 20.8 Å². The Hall–Kier alpha value is -5.31. The lowest BCUT2D eigenvalue weighted by Gasteiger charge is -2.19. The van der Waals surface area contributed by atoms with Crippen molar-refractivity contribution in [3.63, 3.8) is 0 Å². The van der Waals surface area contributed by atoms with Crippen LogP contribution in [0.4, 0.5) is 0 Å². The number of hydrogen-bond acceptors (Lipinski definition) is 9. The molecule has 9 heteroatoms. The molecule has 3 rings (SSSR count). The molecule has 0 unspecified atom stereocenters. The van der Waals surface area contributed by atoms with Crippen LogP contribution < -0.4 is 14.2 Å². The quantitative estimate of drug-likeness (QED) is 0.0639. The van der Waals surface area contributed by atoms with Crippen LogP contribution in [0.25, 0.3) is 0 Å². The Balaban J connectivity index is 1.82. The summed E-state index contributed by atoms with van der Waals surface area (Å²) in [5.74, 6) is 0.532. The van der Waals surface area contributed by atoms with E-state index in [9.17, 15) is 14.4 Å². The van der Waals surface area contributed by atoms with Crippen molar-refractivity contribution >= 4 is 17.9 Å². The van der Waals surface area contributed by atoms with Crippen LogP contribution in [0.1, 0.15) is 43.0 Å². The normalized spacial score (nSPS) is 10.4. The highest BCUT2D eigenvalue weighted by Crippen LogP contribution is 2.33. The van der Waals surface area contributed by atoms with Gasteiger partial charge in [0.1, 0.15) is 56.9 Å². The molecule has 9 nitrogen and oxygen atoms in total. The maximum absolute atomic E-state index is 11.9. The Bertz CT molecular complexity index is 1490. The summed E-state index contributed by atoms with van der Waals surface area (Å²) in [7, 11) is 0. The second kappa shape index (κ2) is 18.6. The molecule has 0 amide bonds. The van der Waals surface area contributed by atoms with Gasteiger partial charge >= 0.3 is 17.9 Å². The molecule has 0 fully saturated rings. The zero-order chi connectivity index (χ0) is 34.2. The Morgan fingerprint density at radius 2 is 0.809 bits per heavy atom. The predicted octanol–water partition coefficient (Wildman–Crippen LogP) is 6.36. The molecule has 0 N–H and O–H groups in total. The zero-order valence-corrected chi connectivity index (χ0v) is 27.3. The van der Waals surface area contributed by atoms with Crippen LogP contribution >= 0.6 is 0 Å². The number of carbonyl (C=O) groups excluding carboxylic acids is 3. The van der Waals surface area contributed by atoms with E-state index in [0.29, 0.717) is 46.8 Å². The van der Waals surface area contributed by atoms with Crippen molar-refractivity contribution in [1.29, 1.82) is 0 Å². The molecule has 3 aromatic carbocycles. The van der Waals surface area contributed by atoms with Gasteiger partial charge in [0.15, 0.2) is 0 Å². The van der Waals surface area contributed by atoms with Gasteiger partial charge in [-0.2, -0.15) is 0 Å². The summed E-state index contributed by atoms with van der Waals surface area (Å²) in [6, 6.07) is 21.1. The van der Waals surface area contributed by atoms with E-state index >= 15 is 0 Å². The van der Waals surface area contributed by atoms with Crippen molar-refractivity contribution in [3.8, 4) is 17.2 Å². The number of rotatable bonds is 19. The van der Waals surface area contributed by atoms with Gasteiger partial charge in [-0.05, 0) is 55.2 Å². The van der Waals surface area contributed by atoms with Crippen molar-refractivity contribution in [2.75, 3.05) is 39.6 Å². The molecule has 248 valence electrons. The lowest BCUT2D eigenvalue weighted by molar-refractivity contribution is -0.140. The first kappa shape index (κ1) is 36.2. The minimum atomic E-state index is -0.484. The van der Waals surface area contributed by atoms with Crippen LogP contribution in [-0.4, -0.2) is 57.5 Å². The lowest BCUT2D eigenvalue weighted by atomic mass is 9.96. The van der Waals surface area contributed by atoms with Gasteiger partial charge in [0, 0.05) is 29.6 Å². The molecule has 0 aliphatic rings. The van der Waals surface area contributed by atoms with Gasteiger partial charge in [-0.15, -0.1) is 0 Å². The molecule has 0 radical (unpaired) electrons. The average Bonchev–Trinajstić information content (AvgIpc) is 3.05. The molecule has 0 aromatic heterocycles. The van der Waals surface area contributed by atoms with Gasteiger partial charge in [0.2, 0.25) is 0 Å². The van der Waals surface area contributed by atoms with E-state index in [2.05, 4.69) is 19.7 Å². The Labute approximate surface area is 276 Å². The molecule has 0 spiro atoms. The second-order valence-electron chi connectivity index (χ2n) is 10.8. The highest BCUT2D eigenvalue weighted by atomic mass is 16.6. The summed E-state index contributed by atoms with van der Waals surface area (Å²) >= 11 is 0. The van der Waals surface area contributed by atoms with E-state index in [0.717, 1.165) is 22.3 Å². The largest absolute Gasteiger partial charge is 0.490 e. The fraction of sp³-hybridized carbons (Fsp3) is 0.289. The number of ether oxygens (including phenoxy) is 6. The van der Waals surface area contributed by atoms with E-state index in [1.165, 1.54) is 0 Å². The summed E-state index contributed by atoms with van der Waals surface area (Å²) in [4.78, 5) is 35.4. The number of benzene rings is 3. The minimum absolute atomic E-state index is 0.0463. The standard InChI is InChI=1S/C38H42O9/c1-26(2)36(39)45-21-18-42-33-16-9-7-12-29(33)24-31-14-11-15-32(35(31)44-20-23-47-38(41)28(5)6)25-30-13-8-10-17-34(30)43-19-22-46-37(40)27(3)4/h7-17H,1,3,5,18-25H2,2,4,6H3. The van der Waals surface area contributed by atoms with Crippen LogP contribution in [-0.2, 0) is 41.4 Å². The van der Waals surface area contributed by atoms with Gasteiger partial charge in [-0.3, -0.25) is 0 Å². The highest BCUT2D eigenvalue weighted by molar-refractivity contribution is 5.87. The van der Waals surface area contributed by atoms with E-state index in [1.807, 2.05) is 66.7 Å².